The second-order valence-corrected chi connectivity index (χ2v) is 7.89. The van der Waals surface area contributed by atoms with E-state index in [0.717, 1.165) is 17.7 Å². The van der Waals surface area contributed by atoms with Gasteiger partial charge in [0, 0.05) is 28.4 Å². The van der Waals surface area contributed by atoms with Crippen molar-refractivity contribution < 1.29 is 8.42 Å². The van der Waals surface area contributed by atoms with Crippen LogP contribution in [-0.2, 0) is 10.0 Å². The van der Waals surface area contributed by atoms with Crippen LogP contribution in [0.4, 0.5) is 11.4 Å². The fourth-order valence-electron chi connectivity index (χ4n) is 2.00. The first-order valence-electron chi connectivity index (χ1n) is 5.88. The molecule has 0 amide bonds. The molecule has 0 radical (unpaired) electrons. The minimum atomic E-state index is -3.19. The van der Waals surface area contributed by atoms with Gasteiger partial charge in [-0.3, -0.25) is 4.72 Å². The van der Waals surface area contributed by atoms with Gasteiger partial charge in [-0.1, -0.05) is 6.92 Å². The molecule has 1 fully saturated rings. The van der Waals surface area contributed by atoms with E-state index < -0.39 is 10.0 Å². The Hall–Kier alpha value is -0.880. The first-order chi connectivity index (χ1) is 8.42. The Morgan fingerprint density at radius 3 is 2.33 bits per heavy atom. The number of rotatable bonds is 4. The molecule has 4 nitrogen and oxygen atoms in total. The number of benzene rings is 1. The third-order valence-electron chi connectivity index (χ3n) is 2.76. The molecule has 0 aliphatic carbocycles. The molecule has 18 heavy (non-hydrogen) atoms. The molecule has 1 aromatic carbocycles. The van der Waals surface area contributed by atoms with E-state index in [1.165, 1.54) is 6.42 Å². The average Bonchev–Trinajstić information content (AvgIpc) is 2.65. The van der Waals surface area contributed by atoms with Crippen LogP contribution in [0, 0.1) is 0 Å². The third-order valence-corrected chi connectivity index (χ3v) is 4.72. The topological polar surface area (TPSA) is 58.2 Å². The first-order valence-corrected chi connectivity index (χ1v) is 8.82. The van der Waals surface area contributed by atoms with Crippen molar-refractivity contribution in [1.29, 1.82) is 0 Å². The standard InChI is InChI=1S/C12H18N2O2S2/c1-9-7-12(8-17-9)13-10-3-5-11(6-4-10)14-18(2,15)16/h3-6,9,12-14H,7-8H2,1-2H3. The van der Waals surface area contributed by atoms with Crippen LogP contribution in [0.3, 0.4) is 0 Å². The van der Waals surface area contributed by atoms with E-state index in [1.807, 2.05) is 23.9 Å². The summed E-state index contributed by atoms with van der Waals surface area (Å²) in [5, 5.41) is 4.18. The summed E-state index contributed by atoms with van der Waals surface area (Å²) in [5.41, 5.74) is 1.63. The van der Waals surface area contributed by atoms with E-state index in [0.29, 0.717) is 17.0 Å². The molecule has 2 unspecified atom stereocenters. The number of sulfonamides is 1. The molecular weight excluding hydrogens is 268 g/mol. The van der Waals surface area contributed by atoms with Crippen molar-refractivity contribution in [3.8, 4) is 0 Å². The van der Waals surface area contributed by atoms with E-state index in [2.05, 4.69) is 17.0 Å². The van der Waals surface area contributed by atoms with Gasteiger partial charge < -0.3 is 5.32 Å². The van der Waals surface area contributed by atoms with Crippen molar-refractivity contribution in [3.63, 3.8) is 0 Å². The lowest BCUT2D eigenvalue weighted by atomic mass is 10.2. The van der Waals surface area contributed by atoms with E-state index in [1.54, 1.807) is 12.1 Å². The van der Waals surface area contributed by atoms with E-state index in [-0.39, 0.29) is 0 Å². The highest BCUT2D eigenvalue weighted by Gasteiger charge is 2.21. The molecule has 1 aliphatic rings. The molecule has 2 atom stereocenters. The molecular formula is C12H18N2O2S2. The number of anilines is 2. The van der Waals surface area contributed by atoms with Gasteiger partial charge in [-0.15, -0.1) is 0 Å². The minimum Gasteiger partial charge on any atom is -0.381 e. The van der Waals surface area contributed by atoms with Crippen LogP contribution in [-0.4, -0.2) is 31.7 Å². The Bertz CT molecular complexity index is 499. The average molecular weight is 286 g/mol. The highest BCUT2D eigenvalue weighted by atomic mass is 32.2. The maximum Gasteiger partial charge on any atom is 0.229 e. The van der Waals surface area contributed by atoms with Gasteiger partial charge >= 0.3 is 0 Å². The summed E-state index contributed by atoms with van der Waals surface area (Å²) >= 11 is 1.98. The number of thioether (sulfide) groups is 1. The van der Waals surface area contributed by atoms with Crippen LogP contribution in [0.15, 0.2) is 24.3 Å². The monoisotopic (exact) mass is 286 g/mol. The van der Waals surface area contributed by atoms with E-state index in [4.69, 9.17) is 0 Å². The van der Waals surface area contributed by atoms with Crippen molar-refractivity contribution in [2.45, 2.75) is 24.6 Å². The van der Waals surface area contributed by atoms with Crippen molar-refractivity contribution in [2.75, 3.05) is 22.0 Å². The molecule has 1 heterocycles. The molecule has 2 rings (SSSR count). The molecule has 1 aliphatic heterocycles. The molecule has 0 spiro atoms. The zero-order valence-electron chi connectivity index (χ0n) is 10.5. The van der Waals surface area contributed by atoms with Gasteiger partial charge in [0.15, 0.2) is 0 Å². The molecule has 0 bridgehead atoms. The Kier molecular flexibility index (Phi) is 4.07. The molecule has 1 saturated heterocycles. The van der Waals surface area contributed by atoms with Crippen molar-refractivity contribution in [1.82, 2.24) is 0 Å². The summed E-state index contributed by atoms with van der Waals surface area (Å²) in [7, 11) is -3.19. The summed E-state index contributed by atoms with van der Waals surface area (Å²) in [4.78, 5) is 0. The third kappa shape index (κ3) is 4.10. The number of nitrogens with one attached hydrogen (secondary N) is 2. The smallest absolute Gasteiger partial charge is 0.229 e. The lowest BCUT2D eigenvalue weighted by molar-refractivity contribution is 0.607. The molecule has 0 saturated carbocycles. The van der Waals surface area contributed by atoms with Gasteiger partial charge in [0.2, 0.25) is 10.0 Å². The maximum atomic E-state index is 11.1. The molecule has 6 heteroatoms. The van der Waals surface area contributed by atoms with Crippen LogP contribution < -0.4 is 10.0 Å². The quantitative estimate of drug-likeness (QED) is 0.892. The normalized spacial score (nSPS) is 23.9. The van der Waals surface area contributed by atoms with Crippen molar-refractivity contribution in [2.24, 2.45) is 0 Å². The predicted octanol–water partition coefficient (Wildman–Crippen LogP) is 2.36. The zero-order chi connectivity index (χ0) is 13.2. The summed E-state index contributed by atoms with van der Waals surface area (Å²) < 4.78 is 24.6. The molecule has 0 aromatic heterocycles. The first kappa shape index (κ1) is 13.5. The van der Waals surface area contributed by atoms with Crippen LogP contribution in [0.1, 0.15) is 13.3 Å². The van der Waals surface area contributed by atoms with Crippen molar-refractivity contribution in [3.05, 3.63) is 24.3 Å². The fraction of sp³-hybridized carbons (Fsp3) is 0.500. The molecule has 100 valence electrons. The zero-order valence-corrected chi connectivity index (χ0v) is 12.1. The minimum absolute atomic E-state index is 0.513. The van der Waals surface area contributed by atoms with Crippen molar-refractivity contribution >= 4 is 33.2 Å². The Morgan fingerprint density at radius 1 is 1.22 bits per heavy atom. The number of hydrogen-bond donors (Lipinski definition) is 2. The van der Waals surface area contributed by atoms with Gasteiger partial charge in [-0.25, -0.2) is 8.42 Å². The summed E-state index contributed by atoms with van der Waals surface area (Å²) in [5.74, 6) is 1.13. The second kappa shape index (κ2) is 5.40. The predicted molar refractivity (Wildman–Crippen MR) is 78.9 cm³/mol. The maximum absolute atomic E-state index is 11.1. The highest BCUT2D eigenvalue weighted by Crippen LogP contribution is 2.28. The Morgan fingerprint density at radius 2 is 1.83 bits per heavy atom. The van der Waals surface area contributed by atoms with Gasteiger partial charge in [0.25, 0.3) is 0 Å². The van der Waals surface area contributed by atoms with E-state index in [9.17, 15) is 8.42 Å². The van der Waals surface area contributed by atoms with Crippen LogP contribution in [0.5, 0.6) is 0 Å². The van der Waals surface area contributed by atoms with E-state index >= 15 is 0 Å². The summed E-state index contributed by atoms with van der Waals surface area (Å²) in [6.07, 6.45) is 2.32. The van der Waals surface area contributed by atoms with Gasteiger partial charge in [0.1, 0.15) is 0 Å². The highest BCUT2D eigenvalue weighted by molar-refractivity contribution is 8.00. The van der Waals surface area contributed by atoms with Gasteiger partial charge in [0.05, 0.1) is 6.26 Å². The van der Waals surface area contributed by atoms with Gasteiger partial charge in [-0.05, 0) is 30.7 Å². The fourth-order valence-corrected chi connectivity index (χ4v) is 3.71. The molecule has 1 aromatic rings. The lowest BCUT2D eigenvalue weighted by Gasteiger charge is -2.13. The second-order valence-electron chi connectivity index (χ2n) is 4.67. The van der Waals surface area contributed by atoms with Crippen LogP contribution >= 0.6 is 11.8 Å². The summed E-state index contributed by atoms with van der Waals surface area (Å²) in [6, 6.07) is 7.87. The van der Waals surface area contributed by atoms with Crippen LogP contribution in [0.2, 0.25) is 0 Å². The lowest BCUT2D eigenvalue weighted by Crippen LogP contribution is -2.18. The van der Waals surface area contributed by atoms with Crippen LogP contribution in [0.25, 0.3) is 0 Å². The largest absolute Gasteiger partial charge is 0.381 e. The van der Waals surface area contributed by atoms with Gasteiger partial charge in [-0.2, -0.15) is 11.8 Å². The Labute approximate surface area is 113 Å². The number of hydrogen-bond acceptors (Lipinski definition) is 4. The molecule has 2 N–H and O–H groups in total. The SMILES string of the molecule is CC1CC(Nc2ccc(NS(C)(=O)=O)cc2)CS1. The Balaban J connectivity index is 1.95. The summed E-state index contributed by atoms with van der Waals surface area (Å²) in [6.45, 7) is 2.24.